The molecule has 45 heavy (non-hydrogen) atoms. The SMILES string of the molecule is COc1cc(C(=O)NC2CCN(C(=O)CN(C)C)CC2)c(F)cc1Nc1ncc2c(n1)N(C1CCCC1)CC(F)(F)C(=O)N2C. The number of rotatable bonds is 8. The predicted molar refractivity (Wildman–Crippen MR) is 162 cm³/mol. The number of anilines is 4. The fourth-order valence-corrected chi connectivity index (χ4v) is 6.13. The van der Waals surface area contributed by atoms with Gasteiger partial charge in [0.1, 0.15) is 17.3 Å². The number of aromatic nitrogens is 2. The van der Waals surface area contributed by atoms with Gasteiger partial charge < -0.3 is 35.0 Å². The van der Waals surface area contributed by atoms with E-state index in [0.29, 0.717) is 45.3 Å². The molecular formula is C30H39F3N8O4. The summed E-state index contributed by atoms with van der Waals surface area (Å²) >= 11 is 0. The van der Waals surface area contributed by atoms with E-state index in [1.165, 1.54) is 31.3 Å². The number of nitrogens with zero attached hydrogens (tertiary/aromatic N) is 6. The molecule has 1 aromatic carbocycles. The first kappa shape index (κ1) is 32.3. The van der Waals surface area contributed by atoms with Gasteiger partial charge in [0, 0.05) is 38.3 Å². The molecule has 1 saturated heterocycles. The van der Waals surface area contributed by atoms with Gasteiger partial charge in [-0.3, -0.25) is 14.4 Å². The number of halogens is 3. The number of methoxy groups -OCH3 is 1. The number of likely N-dealkylation sites (N-methyl/N-ethyl adjacent to an activating group) is 1. The first-order chi connectivity index (χ1) is 21.4. The van der Waals surface area contributed by atoms with Crippen LogP contribution in [0.4, 0.5) is 36.3 Å². The normalized spacial score (nSPS) is 19.0. The average molecular weight is 633 g/mol. The molecule has 3 heterocycles. The van der Waals surface area contributed by atoms with E-state index < -0.39 is 30.1 Å². The topological polar surface area (TPSA) is 123 Å². The summed E-state index contributed by atoms with van der Waals surface area (Å²) in [6, 6.07) is 1.91. The Hall–Kier alpha value is -4.14. The van der Waals surface area contributed by atoms with E-state index in [4.69, 9.17) is 4.74 Å². The first-order valence-corrected chi connectivity index (χ1v) is 15.1. The number of carbonyl (C=O) groups excluding carboxylic acids is 3. The number of amides is 3. The van der Waals surface area contributed by atoms with Crippen molar-refractivity contribution in [2.75, 3.05) is 69.5 Å². The molecule has 1 aliphatic carbocycles. The zero-order chi connectivity index (χ0) is 32.5. The summed E-state index contributed by atoms with van der Waals surface area (Å²) in [5.74, 6) is -6.07. The van der Waals surface area contributed by atoms with Crippen LogP contribution in [0, 0.1) is 5.82 Å². The Labute approximate surface area is 259 Å². The third kappa shape index (κ3) is 6.92. The standard InChI is InChI=1S/C30H39F3N8O4/c1-38(2)16-25(42)40-11-9-18(10-12-40)35-27(43)20-13-24(45-4)22(14-21(20)31)36-29-34-15-23-26(37-29)41(19-7-5-6-8-19)17-30(32,33)28(44)39(23)3/h13-15,18-19H,5-12,16-17H2,1-4H3,(H,35,43)(H,34,36,37). The molecule has 244 valence electrons. The zero-order valence-corrected chi connectivity index (χ0v) is 25.9. The van der Waals surface area contributed by atoms with E-state index in [9.17, 15) is 23.2 Å². The number of piperidine rings is 1. The number of benzene rings is 1. The van der Waals surface area contributed by atoms with Gasteiger partial charge in [-0.25, -0.2) is 9.37 Å². The maximum absolute atomic E-state index is 15.3. The number of alkyl halides is 2. The van der Waals surface area contributed by atoms with Crippen LogP contribution in [0.1, 0.15) is 48.9 Å². The minimum atomic E-state index is -3.62. The minimum Gasteiger partial charge on any atom is -0.495 e. The molecule has 15 heteroatoms. The van der Waals surface area contributed by atoms with Gasteiger partial charge in [-0.2, -0.15) is 13.8 Å². The van der Waals surface area contributed by atoms with Crippen molar-refractivity contribution in [2.45, 2.75) is 56.5 Å². The monoisotopic (exact) mass is 632 g/mol. The zero-order valence-electron chi connectivity index (χ0n) is 25.9. The summed E-state index contributed by atoms with van der Waals surface area (Å²) in [7, 11) is 6.28. The van der Waals surface area contributed by atoms with Crippen LogP contribution in [-0.2, 0) is 9.59 Å². The van der Waals surface area contributed by atoms with Gasteiger partial charge in [0.15, 0.2) is 5.82 Å². The lowest BCUT2D eigenvalue weighted by Crippen LogP contribution is -2.48. The van der Waals surface area contributed by atoms with Gasteiger partial charge in [-0.15, -0.1) is 0 Å². The fraction of sp³-hybridized carbons (Fsp3) is 0.567. The molecule has 0 bridgehead atoms. The molecule has 2 fully saturated rings. The van der Waals surface area contributed by atoms with E-state index in [0.717, 1.165) is 23.8 Å². The number of likely N-dealkylation sites (tertiary alicyclic amines) is 1. The Balaban J connectivity index is 1.33. The molecule has 0 unspecified atom stereocenters. The van der Waals surface area contributed by atoms with Crippen LogP contribution in [0.3, 0.4) is 0 Å². The second kappa shape index (κ2) is 13.1. The lowest BCUT2D eigenvalue weighted by molar-refractivity contribution is -0.140. The number of nitrogens with one attached hydrogen (secondary N) is 2. The summed E-state index contributed by atoms with van der Waals surface area (Å²) in [5.41, 5.74) is 0.0452. The highest BCUT2D eigenvalue weighted by Gasteiger charge is 2.48. The molecule has 3 aliphatic rings. The molecule has 2 aliphatic heterocycles. The molecule has 0 spiro atoms. The Morgan fingerprint density at radius 3 is 2.47 bits per heavy atom. The summed E-state index contributed by atoms with van der Waals surface area (Å²) in [5, 5.41) is 5.75. The van der Waals surface area contributed by atoms with Crippen molar-refractivity contribution < 1.29 is 32.3 Å². The maximum Gasteiger partial charge on any atom is 0.342 e. The largest absolute Gasteiger partial charge is 0.495 e. The molecule has 1 aromatic heterocycles. The molecule has 0 atom stereocenters. The van der Waals surface area contributed by atoms with Crippen molar-refractivity contribution in [3.05, 3.63) is 29.7 Å². The van der Waals surface area contributed by atoms with Crippen LogP contribution < -0.4 is 25.2 Å². The Bertz CT molecular complexity index is 1440. The van der Waals surface area contributed by atoms with Crippen molar-refractivity contribution in [1.82, 2.24) is 25.1 Å². The van der Waals surface area contributed by atoms with Gasteiger partial charge >= 0.3 is 5.92 Å². The van der Waals surface area contributed by atoms with Crippen LogP contribution in [0.5, 0.6) is 5.75 Å². The Kier molecular flexibility index (Phi) is 9.37. The van der Waals surface area contributed by atoms with Gasteiger partial charge in [0.25, 0.3) is 11.8 Å². The highest BCUT2D eigenvalue weighted by atomic mass is 19.3. The van der Waals surface area contributed by atoms with E-state index in [2.05, 4.69) is 20.6 Å². The minimum absolute atomic E-state index is 0.0201. The summed E-state index contributed by atoms with van der Waals surface area (Å²) < 4.78 is 50.6. The van der Waals surface area contributed by atoms with Crippen molar-refractivity contribution in [1.29, 1.82) is 0 Å². The second-order valence-corrected chi connectivity index (χ2v) is 12.1. The summed E-state index contributed by atoms with van der Waals surface area (Å²) in [4.78, 5) is 52.6. The quantitative estimate of drug-likeness (QED) is 0.452. The number of fused-ring (bicyclic) bond motifs is 1. The van der Waals surface area contributed by atoms with Gasteiger partial charge in [-0.05, 0) is 45.8 Å². The fourth-order valence-electron chi connectivity index (χ4n) is 6.13. The molecule has 2 N–H and O–H groups in total. The van der Waals surface area contributed by atoms with Gasteiger partial charge in [0.2, 0.25) is 11.9 Å². The second-order valence-electron chi connectivity index (χ2n) is 12.1. The molecule has 0 radical (unpaired) electrons. The van der Waals surface area contributed by atoms with Gasteiger partial charge in [-0.1, -0.05) is 12.8 Å². The van der Waals surface area contributed by atoms with E-state index in [-0.39, 0.29) is 52.4 Å². The number of hydrogen-bond acceptors (Lipinski definition) is 9. The Morgan fingerprint density at radius 2 is 1.82 bits per heavy atom. The Morgan fingerprint density at radius 1 is 1.13 bits per heavy atom. The van der Waals surface area contributed by atoms with Crippen LogP contribution in [0.25, 0.3) is 0 Å². The van der Waals surface area contributed by atoms with E-state index >= 15 is 4.39 Å². The molecule has 5 rings (SSSR count). The van der Waals surface area contributed by atoms with Crippen molar-refractivity contribution in [3.63, 3.8) is 0 Å². The van der Waals surface area contributed by atoms with Gasteiger partial charge in [0.05, 0.1) is 37.6 Å². The summed E-state index contributed by atoms with van der Waals surface area (Å²) in [6.45, 7) is 0.488. The molecule has 3 amide bonds. The molecule has 12 nitrogen and oxygen atoms in total. The number of carbonyl (C=O) groups is 3. The van der Waals surface area contributed by atoms with Crippen LogP contribution >= 0.6 is 0 Å². The van der Waals surface area contributed by atoms with Crippen LogP contribution in [0.15, 0.2) is 18.3 Å². The first-order valence-electron chi connectivity index (χ1n) is 15.1. The third-order valence-electron chi connectivity index (χ3n) is 8.55. The van der Waals surface area contributed by atoms with Crippen LogP contribution in [0.2, 0.25) is 0 Å². The van der Waals surface area contributed by atoms with Crippen molar-refractivity contribution >= 4 is 40.9 Å². The van der Waals surface area contributed by atoms with Crippen LogP contribution in [-0.4, -0.2) is 110 Å². The third-order valence-corrected chi connectivity index (χ3v) is 8.55. The smallest absolute Gasteiger partial charge is 0.342 e. The van der Waals surface area contributed by atoms with E-state index in [1.807, 2.05) is 14.1 Å². The predicted octanol–water partition coefficient (Wildman–Crippen LogP) is 3.01. The highest BCUT2D eigenvalue weighted by molar-refractivity contribution is 6.02. The summed E-state index contributed by atoms with van der Waals surface area (Å²) in [6.07, 6.45) is 5.53. The van der Waals surface area contributed by atoms with Crippen molar-refractivity contribution in [2.24, 2.45) is 0 Å². The molecular weight excluding hydrogens is 593 g/mol. The van der Waals surface area contributed by atoms with Crippen molar-refractivity contribution in [3.8, 4) is 5.75 Å². The highest BCUT2D eigenvalue weighted by Crippen LogP contribution is 2.40. The average Bonchev–Trinajstić information content (AvgIpc) is 3.52. The van der Waals surface area contributed by atoms with E-state index in [1.54, 1.807) is 9.80 Å². The lowest BCUT2D eigenvalue weighted by Gasteiger charge is -2.33. The lowest BCUT2D eigenvalue weighted by atomic mass is 10.0. The number of hydrogen-bond donors (Lipinski definition) is 2. The number of ether oxygens (including phenoxy) is 1. The maximum atomic E-state index is 15.3. The molecule has 1 saturated carbocycles. The molecule has 2 aromatic rings.